The largest absolute Gasteiger partial charge is 0.417 e. The predicted molar refractivity (Wildman–Crippen MR) is 92.6 cm³/mol. The fourth-order valence-electron chi connectivity index (χ4n) is 2.10. The van der Waals surface area contributed by atoms with Crippen LogP contribution in [-0.2, 0) is 16.2 Å². The predicted octanol–water partition coefficient (Wildman–Crippen LogP) is 4.68. The van der Waals surface area contributed by atoms with Gasteiger partial charge in [-0.3, -0.25) is 9.71 Å². The monoisotopic (exact) mass is 419 g/mol. The summed E-state index contributed by atoms with van der Waals surface area (Å²) in [5.41, 5.74) is -0.244. The molecule has 0 fully saturated rings. The van der Waals surface area contributed by atoms with Crippen molar-refractivity contribution in [1.82, 2.24) is 9.97 Å². The van der Waals surface area contributed by atoms with Crippen molar-refractivity contribution >= 4 is 38.1 Å². The molecule has 1 N–H and O–H groups in total. The molecule has 0 bridgehead atoms. The lowest BCUT2D eigenvalue weighted by molar-refractivity contribution is -0.139. The molecule has 0 radical (unpaired) electrons. The number of nitrogens with one attached hydrogen (secondary N) is 1. The first-order valence-electron chi connectivity index (χ1n) is 6.92. The number of pyridine rings is 1. The fraction of sp³-hybridized carbons (Fsp3) is 0.0667. The van der Waals surface area contributed by atoms with Gasteiger partial charge in [0.2, 0.25) is 0 Å². The Morgan fingerprint density at radius 3 is 2.62 bits per heavy atom. The van der Waals surface area contributed by atoms with E-state index in [9.17, 15) is 21.6 Å². The van der Waals surface area contributed by atoms with Crippen molar-refractivity contribution < 1.29 is 21.6 Å². The highest BCUT2D eigenvalue weighted by molar-refractivity contribution is 7.93. The van der Waals surface area contributed by atoms with Crippen LogP contribution in [0.15, 0.2) is 53.0 Å². The molecule has 1 aromatic carbocycles. The molecule has 0 aliphatic rings. The molecule has 0 saturated carbocycles. The molecule has 0 unspecified atom stereocenters. The van der Waals surface area contributed by atoms with E-state index in [2.05, 4.69) is 14.7 Å². The second-order valence-corrected chi connectivity index (χ2v) is 7.97. The van der Waals surface area contributed by atoms with Crippen molar-refractivity contribution in [3.63, 3.8) is 0 Å². The van der Waals surface area contributed by atoms with Gasteiger partial charge in [0.15, 0.2) is 5.13 Å². The van der Waals surface area contributed by atoms with E-state index in [-0.39, 0.29) is 10.2 Å². The minimum Gasteiger partial charge on any atom is -0.264 e. The van der Waals surface area contributed by atoms with Crippen molar-refractivity contribution in [3.8, 4) is 11.3 Å². The second-order valence-electron chi connectivity index (χ2n) is 5.02. The van der Waals surface area contributed by atoms with E-state index < -0.39 is 26.7 Å². The average Bonchev–Trinajstić information content (AvgIpc) is 3.02. The van der Waals surface area contributed by atoms with Crippen LogP contribution in [0.5, 0.6) is 0 Å². The SMILES string of the molecule is O=S(=O)(Nc1nc(-c2cccnc2)cs1)c1ccc(Cl)cc1C(F)(F)F. The van der Waals surface area contributed by atoms with Crippen molar-refractivity contribution in [2.24, 2.45) is 0 Å². The lowest BCUT2D eigenvalue weighted by Gasteiger charge is -2.13. The summed E-state index contributed by atoms with van der Waals surface area (Å²) in [6.45, 7) is 0. The average molecular weight is 420 g/mol. The quantitative estimate of drug-likeness (QED) is 0.666. The van der Waals surface area contributed by atoms with Crippen molar-refractivity contribution in [3.05, 3.63) is 58.7 Å². The molecule has 0 aliphatic carbocycles. The molecule has 0 amide bonds. The van der Waals surface area contributed by atoms with Crippen LogP contribution in [-0.4, -0.2) is 18.4 Å². The van der Waals surface area contributed by atoms with Gasteiger partial charge in [0.05, 0.1) is 16.2 Å². The minimum absolute atomic E-state index is 0.0630. The number of nitrogens with zero attached hydrogens (tertiary/aromatic N) is 2. The molecule has 0 atom stereocenters. The van der Waals surface area contributed by atoms with Crippen LogP contribution in [0, 0.1) is 0 Å². The highest BCUT2D eigenvalue weighted by Gasteiger charge is 2.37. The standard InChI is InChI=1S/C15H9ClF3N3O2S2/c16-10-3-4-13(11(6-10)15(17,18)19)26(23,24)22-14-21-12(8-25-14)9-2-1-5-20-7-9/h1-8H,(H,21,22). The smallest absolute Gasteiger partial charge is 0.264 e. The molecular formula is C15H9ClF3N3O2S2. The Bertz CT molecular complexity index is 1040. The first-order valence-corrected chi connectivity index (χ1v) is 9.66. The molecule has 0 aliphatic heterocycles. The first-order chi connectivity index (χ1) is 12.2. The molecule has 2 aromatic heterocycles. The number of thiazole rings is 1. The Kier molecular flexibility index (Phi) is 4.91. The van der Waals surface area contributed by atoms with Gasteiger partial charge in [0, 0.05) is 28.4 Å². The molecule has 3 aromatic rings. The molecule has 26 heavy (non-hydrogen) atoms. The Labute approximate surface area is 155 Å². The molecule has 0 saturated heterocycles. The number of sulfonamides is 1. The third-order valence-corrected chi connectivity index (χ3v) is 5.74. The number of halogens is 4. The Morgan fingerprint density at radius 2 is 1.96 bits per heavy atom. The maximum Gasteiger partial charge on any atom is 0.417 e. The summed E-state index contributed by atoms with van der Waals surface area (Å²) in [6, 6.07) is 5.86. The molecule has 5 nitrogen and oxygen atoms in total. The van der Waals surface area contributed by atoms with Gasteiger partial charge in [-0.2, -0.15) is 13.2 Å². The van der Waals surface area contributed by atoms with Gasteiger partial charge < -0.3 is 0 Å². The molecule has 0 spiro atoms. The summed E-state index contributed by atoms with van der Waals surface area (Å²) >= 11 is 6.52. The maximum atomic E-state index is 13.2. The van der Waals surface area contributed by atoms with Crippen molar-refractivity contribution in [2.45, 2.75) is 11.1 Å². The fourth-order valence-corrected chi connectivity index (χ4v) is 4.45. The van der Waals surface area contributed by atoms with Gasteiger partial charge in [0.25, 0.3) is 10.0 Å². The van der Waals surface area contributed by atoms with Gasteiger partial charge in [0.1, 0.15) is 0 Å². The lowest BCUT2D eigenvalue weighted by atomic mass is 10.2. The Hall–Kier alpha value is -2.17. The zero-order chi connectivity index (χ0) is 18.9. The highest BCUT2D eigenvalue weighted by Crippen LogP contribution is 2.36. The van der Waals surface area contributed by atoms with Crippen LogP contribution in [0.25, 0.3) is 11.3 Å². The van der Waals surface area contributed by atoms with E-state index in [4.69, 9.17) is 11.6 Å². The highest BCUT2D eigenvalue weighted by atomic mass is 35.5. The number of alkyl halides is 3. The Balaban J connectivity index is 1.95. The molecule has 2 heterocycles. The summed E-state index contributed by atoms with van der Waals surface area (Å²) < 4.78 is 66.4. The number of benzene rings is 1. The number of hydrogen-bond donors (Lipinski definition) is 1. The molecule has 136 valence electrons. The van der Waals surface area contributed by atoms with Crippen LogP contribution in [0.4, 0.5) is 18.3 Å². The summed E-state index contributed by atoms with van der Waals surface area (Å²) in [6.07, 6.45) is -1.77. The minimum atomic E-state index is -4.88. The second kappa shape index (κ2) is 6.86. The number of anilines is 1. The van der Waals surface area contributed by atoms with Crippen LogP contribution in [0.1, 0.15) is 5.56 Å². The summed E-state index contributed by atoms with van der Waals surface area (Å²) in [4.78, 5) is 7.09. The normalized spacial score (nSPS) is 12.2. The van der Waals surface area contributed by atoms with E-state index >= 15 is 0 Å². The Morgan fingerprint density at radius 1 is 1.19 bits per heavy atom. The number of aromatic nitrogens is 2. The number of rotatable bonds is 4. The van der Waals surface area contributed by atoms with E-state index in [0.29, 0.717) is 17.3 Å². The summed E-state index contributed by atoms with van der Waals surface area (Å²) in [7, 11) is -4.51. The zero-order valence-electron chi connectivity index (χ0n) is 12.7. The molecule has 3 rings (SSSR count). The van der Waals surface area contributed by atoms with Crippen LogP contribution in [0.3, 0.4) is 0 Å². The zero-order valence-corrected chi connectivity index (χ0v) is 15.0. The van der Waals surface area contributed by atoms with E-state index in [0.717, 1.165) is 23.5 Å². The van der Waals surface area contributed by atoms with Crippen molar-refractivity contribution in [1.29, 1.82) is 0 Å². The third-order valence-electron chi connectivity index (χ3n) is 3.22. The van der Waals surface area contributed by atoms with E-state index in [1.807, 2.05) is 0 Å². The van der Waals surface area contributed by atoms with E-state index in [1.54, 1.807) is 23.7 Å². The van der Waals surface area contributed by atoms with Crippen LogP contribution >= 0.6 is 22.9 Å². The maximum absolute atomic E-state index is 13.2. The van der Waals surface area contributed by atoms with Gasteiger partial charge in [-0.25, -0.2) is 13.4 Å². The topological polar surface area (TPSA) is 72.0 Å². The van der Waals surface area contributed by atoms with Gasteiger partial charge >= 0.3 is 6.18 Å². The first kappa shape index (κ1) is 18.6. The van der Waals surface area contributed by atoms with Crippen LogP contribution < -0.4 is 4.72 Å². The van der Waals surface area contributed by atoms with Gasteiger partial charge in [-0.15, -0.1) is 11.3 Å². The summed E-state index contributed by atoms with van der Waals surface area (Å²) in [5, 5.41) is 1.29. The van der Waals surface area contributed by atoms with Crippen molar-refractivity contribution in [2.75, 3.05) is 4.72 Å². The van der Waals surface area contributed by atoms with Gasteiger partial charge in [-0.05, 0) is 30.3 Å². The molecule has 11 heteroatoms. The molecular weight excluding hydrogens is 411 g/mol. The van der Waals surface area contributed by atoms with Gasteiger partial charge in [-0.1, -0.05) is 11.6 Å². The summed E-state index contributed by atoms with van der Waals surface area (Å²) in [5.74, 6) is 0. The van der Waals surface area contributed by atoms with Crippen LogP contribution in [0.2, 0.25) is 5.02 Å². The number of hydrogen-bond acceptors (Lipinski definition) is 5. The third kappa shape index (κ3) is 3.97. The lowest BCUT2D eigenvalue weighted by Crippen LogP contribution is -2.19. The van der Waals surface area contributed by atoms with E-state index in [1.165, 1.54) is 6.20 Å².